The molecule has 0 unspecified atom stereocenters. The van der Waals surface area contributed by atoms with Crippen LogP contribution in [0.3, 0.4) is 0 Å². The molecule has 1 fully saturated rings. The van der Waals surface area contributed by atoms with Gasteiger partial charge in [-0.2, -0.15) is 0 Å². The zero-order valence-corrected chi connectivity index (χ0v) is 24.4. The summed E-state index contributed by atoms with van der Waals surface area (Å²) in [5.41, 5.74) is 1.81. The predicted octanol–water partition coefficient (Wildman–Crippen LogP) is 6.04. The van der Waals surface area contributed by atoms with E-state index in [1.807, 2.05) is 12.1 Å². The fourth-order valence-electron chi connectivity index (χ4n) is 5.22. The lowest BCUT2D eigenvalue weighted by molar-refractivity contribution is 0.461. The van der Waals surface area contributed by atoms with Crippen molar-refractivity contribution < 1.29 is 17.5 Å². The van der Waals surface area contributed by atoms with Gasteiger partial charge < -0.3 is 15.4 Å². The van der Waals surface area contributed by atoms with Crippen LogP contribution < -0.4 is 20.1 Å². The van der Waals surface area contributed by atoms with E-state index in [1.165, 1.54) is 0 Å². The monoisotopic (exact) mass is 598 g/mol. The van der Waals surface area contributed by atoms with Crippen molar-refractivity contribution in [3.8, 4) is 22.9 Å². The normalized spacial score (nSPS) is 15.3. The number of hydrogen-bond donors (Lipinski definition) is 3. The number of fused-ring (bicyclic) bond motifs is 1. The number of ether oxygens (including phenoxy) is 1. The van der Waals surface area contributed by atoms with E-state index in [2.05, 4.69) is 25.3 Å². The molecule has 0 aliphatic carbocycles. The first-order valence-electron chi connectivity index (χ1n) is 14.1. The van der Waals surface area contributed by atoms with Gasteiger partial charge in [-0.1, -0.05) is 54.6 Å². The number of sulfonamides is 1. The Bertz CT molecular complexity index is 1860. The first-order valence-corrected chi connectivity index (χ1v) is 15.7. The molecule has 1 aliphatic heterocycles. The fourth-order valence-corrected chi connectivity index (χ4v) is 6.44. The molecule has 0 amide bonds. The van der Waals surface area contributed by atoms with Crippen LogP contribution >= 0.6 is 0 Å². The van der Waals surface area contributed by atoms with E-state index in [1.54, 1.807) is 80.0 Å². The average Bonchev–Trinajstić information content (AvgIpc) is 3.02. The van der Waals surface area contributed by atoms with Gasteiger partial charge in [-0.25, -0.2) is 27.8 Å². The van der Waals surface area contributed by atoms with Gasteiger partial charge in [0.25, 0.3) is 0 Å². The smallest absolute Gasteiger partial charge is 0.237 e. The summed E-state index contributed by atoms with van der Waals surface area (Å²) in [6.07, 6.45) is 5.37. The van der Waals surface area contributed by atoms with Crippen molar-refractivity contribution >= 4 is 32.4 Å². The van der Waals surface area contributed by atoms with E-state index in [4.69, 9.17) is 9.72 Å². The minimum atomic E-state index is -3.92. The minimum Gasteiger partial charge on any atom is -0.437 e. The summed E-state index contributed by atoms with van der Waals surface area (Å²) in [6.45, 7) is 3.40. The highest BCUT2D eigenvalue weighted by atomic mass is 32.2. The largest absolute Gasteiger partial charge is 0.437 e. The van der Waals surface area contributed by atoms with Crippen molar-refractivity contribution in [2.75, 3.05) is 23.1 Å². The van der Waals surface area contributed by atoms with E-state index in [9.17, 15) is 8.42 Å². The molecule has 0 saturated carbocycles. The molecule has 0 bridgehead atoms. The number of hydrogen-bond acceptors (Lipinski definition) is 8. The van der Waals surface area contributed by atoms with Crippen LogP contribution in [0.1, 0.15) is 24.0 Å². The highest BCUT2D eigenvalue weighted by Crippen LogP contribution is 2.42. The van der Waals surface area contributed by atoms with Crippen molar-refractivity contribution in [2.45, 2.75) is 31.6 Å². The summed E-state index contributed by atoms with van der Waals surface area (Å²) < 4.78 is 51.0. The summed E-state index contributed by atoms with van der Waals surface area (Å²) in [4.78, 5) is 13.6. The van der Waals surface area contributed by atoms with E-state index in [0.29, 0.717) is 33.5 Å². The number of pyridine rings is 1. The molecule has 0 radical (unpaired) electrons. The van der Waals surface area contributed by atoms with Crippen LogP contribution in [0.4, 0.5) is 16.0 Å². The zero-order valence-electron chi connectivity index (χ0n) is 23.5. The number of rotatable bonds is 9. The maximum atomic E-state index is 16.0. The first-order chi connectivity index (χ1) is 20.9. The molecule has 220 valence electrons. The Kier molecular flexibility index (Phi) is 8.17. The van der Waals surface area contributed by atoms with Gasteiger partial charge in [0, 0.05) is 41.3 Å². The Labute approximate surface area is 249 Å². The van der Waals surface area contributed by atoms with Crippen LogP contribution in [0.15, 0.2) is 85.2 Å². The van der Waals surface area contributed by atoms with Gasteiger partial charge in [-0.15, -0.1) is 0 Å². The molecule has 43 heavy (non-hydrogen) atoms. The van der Waals surface area contributed by atoms with Crippen LogP contribution in [0.2, 0.25) is 0 Å². The first kappa shape index (κ1) is 28.5. The molecule has 1 atom stereocenters. The number of aromatic nitrogens is 3. The SMILES string of the molecule is Cc1c(F)c(NS(=O)(=O)Cc2ccccc2)c2ccccc2c1Oc1ncccc1-c1ccnc(N[C@H]2CCCNC2)n1. The number of anilines is 2. The third kappa shape index (κ3) is 6.42. The topological polar surface area (TPSA) is 118 Å². The summed E-state index contributed by atoms with van der Waals surface area (Å²) in [5, 5.41) is 7.66. The molecule has 1 saturated heterocycles. The van der Waals surface area contributed by atoms with Gasteiger partial charge in [0.15, 0.2) is 5.82 Å². The zero-order chi connectivity index (χ0) is 29.8. The maximum Gasteiger partial charge on any atom is 0.237 e. The Morgan fingerprint density at radius 1 is 0.977 bits per heavy atom. The van der Waals surface area contributed by atoms with Crippen molar-refractivity contribution in [1.82, 2.24) is 20.3 Å². The molecule has 0 spiro atoms. The van der Waals surface area contributed by atoms with Gasteiger partial charge in [0.1, 0.15) is 5.75 Å². The third-order valence-corrected chi connectivity index (χ3v) is 8.55. The second-order valence-electron chi connectivity index (χ2n) is 10.4. The van der Waals surface area contributed by atoms with Crippen molar-refractivity contribution in [3.63, 3.8) is 0 Å². The highest BCUT2D eigenvalue weighted by molar-refractivity contribution is 7.91. The lowest BCUT2D eigenvalue weighted by Crippen LogP contribution is -2.38. The van der Waals surface area contributed by atoms with E-state index < -0.39 is 15.8 Å². The lowest BCUT2D eigenvalue weighted by atomic mass is 10.0. The predicted molar refractivity (Wildman–Crippen MR) is 166 cm³/mol. The number of halogens is 1. The number of nitrogens with one attached hydrogen (secondary N) is 3. The van der Waals surface area contributed by atoms with E-state index in [0.717, 1.165) is 25.9 Å². The summed E-state index contributed by atoms with van der Waals surface area (Å²) in [6, 6.07) is 21.3. The minimum absolute atomic E-state index is 0.124. The van der Waals surface area contributed by atoms with Crippen molar-refractivity contribution in [2.24, 2.45) is 0 Å². The molecule has 3 aromatic carbocycles. The van der Waals surface area contributed by atoms with Gasteiger partial charge in [0.05, 0.1) is 22.7 Å². The molecule has 9 nitrogen and oxygen atoms in total. The molecule has 1 aliphatic rings. The summed E-state index contributed by atoms with van der Waals surface area (Å²) in [7, 11) is -3.92. The Hall–Kier alpha value is -4.61. The number of benzene rings is 3. The second kappa shape index (κ2) is 12.3. The average molecular weight is 599 g/mol. The second-order valence-corrected chi connectivity index (χ2v) is 12.2. The van der Waals surface area contributed by atoms with Crippen LogP contribution in [-0.4, -0.2) is 42.5 Å². The molecule has 11 heteroatoms. The quantitative estimate of drug-likeness (QED) is 0.188. The van der Waals surface area contributed by atoms with Gasteiger partial charge in [-0.05, 0) is 50.1 Å². The maximum absolute atomic E-state index is 16.0. The van der Waals surface area contributed by atoms with Crippen LogP contribution in [0.5, 0.6) is 11.6 Å². The molecular weight excluding hydrogens is 567 g/mol. The van der Waals surface area contributed by atoms with Crippen LogP contribution in [0.25, 0.3) is 22.0 Å². The van der Waals surface area contributed by atoms with Crippen molar-refractivity contribution in [1.29, 1.82) is 0 Å². The fraction of sp³-hybridized carbons (Fsp3) is 0.219. The van der Waals surface area contributed by atoms with Gasteiger partial charge in [-0.3, -0.25) is 4.72 Å². The number of nitrogens with zero attached hydrogens (tertiary/aromatic N) is 3. The summed E-state index contributed by atoms with van der Waals surface area (Å²) >= 11 is 0. The lowest BCUT2D eigenvalue weighted by Gasteiger charge is -2.23. The Balaban J connectivity index is 1.34. The van der Waals surface area contributed by atoms with E-state index >= 15 is 4.39 Å². The third-order valence-electron chi connectivity index (χ3n) is 7.32. The standard InChI is InChI=1S/C32H31FN6O3S/c1-21-28(33)29(39-43(40,41)20-22-9-3-2-4-10-22)24-12-5-6-13-25(24)30(21)42-31-26(14-8-17-35-31)27-15-18-36-32(38-27)37-23-11-7-16-34-19-23/h2-6,8-10,12-15,17-18,23,34,39H,7,11,16,19-20H2,1H3,(H,36,37,38)/t23-/m0/s1. The number of piperidine rings is 1. The molecule has 5 aromatic rings. The molecule has 6 rings (SSSR count). The molecular formula is C32H31FN6O3S. The van der Waals surface area contributed by atoms with Gasteiger partial charge in [0.2, 0.25) is 21.9 Å². The Morgan fingerprint density at radius 2 is 1.77 bits per heavy atom. The van der Waals surface area contributed by atoms with Crippen LogP contribution in [0, 0.1) is 12.7 Å². The van der Waals surface area contributed by atoms with Gasteiger partial charge >= 0.3 is 0 Å². The summed E-state index contributed by atoms with van der Waals surface area (Å²) in [5.74, 6) is -0.0435. The van der Waals surface area contributed by atoms with Crippen LogP contribution in [-0.2, 0) is 15.8 Å². The van der Waals surface area contributed by atoms with Crippen molar-refractivity contribution in [3.05, 3.63) is 102 Å². The molecule has 2 aromatic heterocycles. The Morgan fingerprint density at radius 3 is 2.56 bits per heavy atom. The van der Waals surface area contributed by atoms with E-state index in [-0.39, 0.29) is 34.7 Å². The molecule has 3 heterocycles. The highest BCUT2D eigenvalue weighted by Gasteiger charge is 2.24. The molecule has 3 N–H and O–H groups in total.